The summed E-state index contributed by atoms with van der Waals surface area (Å²) in [5, 5.41) is 3.42. The van der Waals surface area contributed by atoms with Crippen molar-refractivity contribution in [2.24, 2.45) is 0 Å². The molecule has 1 aromatic rings. The molecule has 16 heavy (non-hydrogen) atoms. The molecule has 0 aliphatic heterocycles. The molecule has 0 fully saturated rings. The van der Waals surface area contributed by atoms with E-state index in [1.54, 1.807) is 0 Å². The van der Waals surface area contributed by atoms with Crippen LogP contribution < -0.4 is 5.32 Å². The minimum absolute atomic E-state index is 0.573. The Hall–Kier alpha value is -0.930. The molecule has 0 aliphatic rings. The molecule has 1 rings (SSSR count). The molecule has 0 amide bonds. The van der Waals surface area contributed by atoms with E-state index in [0.717, 1.165) is 26.1 Å². The standard InChI is InChI=1S/C13H23N3/c1-12(2)14-9-11-16(3)10-7-13-6-4-5-8-15-13/h4-6,8,12,14H,7,9-11H2,1-3H3. The van der Waals surface area contributed by atoms with E-state index < -0.39 is 0 Å². The van der Waals surface area contributed by atoms with E-state index in [1.165, 1.54) is 5.69 Å². The maximum Gasteiger partial charge on any atom is 0.0416 e. The van der Waals surface area contributed by atoms with E-state index in [2.05, 4.69) is 42.2 Å². The third kappa shape index (κ3) is 5.83. The SMILES string of the molecule is CC(C)NCCN(C)CCc1ccccn1. The van der Waals surface area contributed by atoms with Gasteiger partial charge in [0, 0.05) is 44.0 Å². The molecule has 0 bridgehead atoms. The number of likely N-dealkylation sites (N-methyl/N-ethyl adjacent to an activating group) is 1. The minimum atomic E-state index is 0.573. The summed E-state index contributed by atoms with van der Waals surface area (Å²) in [5.41, 5.74) is 1.17. The highest BCUT2D eigenvalue weighted by atomic mass is 15.1. The topological polar surface area (TPSA) is 28.2 Å². The van der Waals surface area contributed by atoms with Crippen molar-refractivity contribution >= 4 is 0 Å². The maximum absolute atomic E-state index is 4.32. The molecule has 3 nitrogen and oxygen atoms in total. The number of nitrogens with zero attached hydrogens (tertiary/aromatic N) is 2. The molecule has 1 heterocycles. The smallest absolute Gasteiger partial charge is 0.0416 e. The van der Waals surface area contributed by atoms with Crippen LogP contribution >= 0.6 is 0 Å². The monoisotopic (exact) mass is 221 g/mol. The van der Waals surface area contributed by atoms with Crippen LogP contribution in [0.3, 0.4) is 0 Å². The van der Waals surface area contributed by atoms with E-state index in [9.17, 15) is 0 Å². The normalized spacial score (nSPS) is 11.3. The van der Waals surface area contributed by atoms with Gasteiger partial charge in [-0.15, -0.1) is 0 Å². The first-order valence-electron chi connectivity index (χ1n) is 6.00. The largest absolute Gasteiger partial charge is 0.313 e. The van der Waals surface area contributed by atoms with Crippen LogP contribution in [0.2, 0.25) is 0 Å². The number of nitrogens with one attached hydrogen (secondary N) is 1. The zero-order valence-corrected chi connectivity index (χ0v) is 10.6. The van der Waals surface area contributed by atoms with E-state index >= 15 is 0 Å². The fourth-order valence-corrected chi connectivity index (χ4v) is 1.51. The van der Waals surface area contributed by atoms with Crippen molar-refractivity contribution < 1.29 is 0 Å². The Morgan fingerprint density at radius 2 is 2.12 bits per heavy atom. The highest BCUT2D eigenvalue weighted by molar-refractivity contribution is 5.03. The Bertz CT molecular complexity index is 272. The summed E-state index contributed by atoms with van der Waals surface area (Å²) >= 11 is 0. The summed E-state index contributed by atoms with van der Waals surface area (Å²) in [6.45, 7) is 7.56. The summed E-state index contributed by atoms with van der Waals surface area (Å²) in [6, 6.07) is 6.66. The van der Waals surface area contributed by atoms with E-state index in [-0.39, 0.29) is 0 Å². The van der Waals surface area contributed by atoms with Gasteiger partial charge in [-0.05, 0) is 19.2 Å². The molecule has 0 aromatic carbocycles. The fourth-order valence-electron chi connectivity index (χ4n) is 1.51. The number of pyridine rings is 1. The van der Waals surface area contributed by atoms with Crippen LogP contribution in [0.25, 0.3) is 0 Å². The van der Waals surface area contributed by atoms with Gasteiger partial charge in [-0.25, -0.2) is 0 Å². The maximum atomic E-state index is 4.32. The Morgan fingerprint density at radius 3 is 2.75 bits per heavy atom. The van der Waals surface area contributed by atoms with Crippen LogP contribution in [0.4, 0.5) is 0 Å². The van der Waals surface area contributed by atoms with Crippen molar-refractivity contribution in [1.29, 1.82) is 0 Å². The summed E-state index contributed by atoms with van der Waals surface area (Å²) in [6.07, 6.45) is 2.88. The lowest BCUT2D eigenvalue weighted by Crippen LogP contribution is -2.33. The number of hydrogen-bond acceptors (Lipinski definition) is 3. The fraction of sp³-hybridized carbons (Fsp3) is 0.615. The van der Waals surface area contributed by atoms with E-state index in [1.807, 2.05) is 18.3 Å². The van der Waals surface area contributed by atoms with Gasteiger partial charge in [0.25, 0.3) is 0 Å². The zero-order chi connectivity index (χ0) is 11.8. The highest BCUT2D eigenvalue weighted by Gasteiger charge is 2.00. The second-order valence-corrected chi connectivity index (χ2v) is 4.48. The van der Waals surface area contributed by atoms with Crippen LogP contribution in [-0.2, 0) is 6.42 Å². The molecule has 0 unspecified atom stereocenters. The highest BCUT2D eigenvalue weighted by Crippen LogP contribution is 1.95. The van der Waals surface area contributed by atoms with Crippen molar-refractivity contribution in [3.8, 4) is 0 Å². The molecule has 0 saturated heterocycles. The van der Waals surface area contributed by atoms with Gasteiger partial charge < -0.3 is 10.2 Å². The van der Waals surface area contributed by atoms with Crippen LogP contribution in [-0.4, -0.2) is 42.6 Å². The number of hydrogen-bond donors (Lipinski definition) is 1. The van der Waals surface area contributed by atoms with Gasteiger partial charge in [0.2, 0.25) is 0 Å². The minimum Gasteiger partial charge on any atom is -0.313 e. The average molecular weight is 221 g/mol. The first-order chi connectivity index (χ1) is 7.68. The zero-order valence-electron chi connectivity index (χ0n) is 10.6. The van der Waals surface area contributed by atoms with Gasteiger partial charge in [-0.1, -0.05) is 19.9 Å². The van der Waals surface area contributed by atoms with E-state index in [0.29, 0.717) is 6.04 Å². The van der Waals surface area contributed by atoms with Crippen LogP contribution in [0.5, 0.6) is 0 Å². The predicted molar refractivity (Wildman–Crippen MR) is 68.6 cm³/mol. The molecule has 90 valence electrons. The molecule has 1 N–H and O–H groups in total. The molecule has 0 spiro atoms. The first-order valence-corrected chi connectivity index (χ1v) is 6.00. The third-order valence-corrected chi connectivity index (χ3v) is 2.52. The Kier molecular flexibility index (Phi) is 6.04. The lowest BCUT2D eigenvalue weighted by atomic mass is 10.2. The molecule has 3 heteroatoms. The molecule has 0 atom stereocenters. The first kappa shape index (κ1) is 13.1. The summed E-state index contributed by atoms with van der Waals surface area (Å²) in [5.74, 6) is 0. The second-order valence-electron chi connectivity index (χ2n) is 4.48. The van der Waals surface area contributed by atoms with Gasteiger partial charge in [-0.2, -0.15) is 0 Å². The molecule has 0 radical (unpaired) electrons. The van der Waals surface area contributed by atoms with Crippen molar-refractivity contribution in [3.63, 3.8) is 0 Å². The molecular weight excluding hydrogens is 198 g/mol. The van der Waals surface area contributed by atoms with Crippen LogP contribution in [0.15, 0.2) is 24.4 Å². The van der Waals surface area contributed by atoms with Gasteiger partial charge in [0.05, 0.1) is 0 Å². The lowest BCUT2D eigenvalue weighted by molar-refractivity contribution is 0.330. The van der Waals surface area contributed by atoms with Gasteiger partial charge in [0.15, 0.2) is 0 Å². The molecular formula is C13H23N3. The van der Waals surface area contributed by atoms with Crippen molar-refractivity contribution in [3.05, 3.63) is 30.1 Å². The third-order valence-electron chi connectivity index (χ3n) is 2.52. The Morgan fingerprint density at radius 1 is 1.31 bits per heavy atom. The lowest BCUT2D eigenvalue weighted by Gasteiger charge is -2.17. The number of aromatic nitrogens is 1. The van der Waals surface area contributed by atoms with Gasteiger partial charge in [0.1, 0.15) is 0 Å². The van der Waals surface area contributed by atoms with Crippen molar-refractivity contribution in [2.75, 3.05) is 26.7 Å². The van der Waals surface area contributed by atoms with Crippen LogP contribution in [0.1, 0.15) is 19.5 Å². The molecule has 0 aliphatic carbocycles. The van der Waals surface area contributed by atoms with E-state index in [4.69, 9.17) is 0 Å². The second kappa shape index (κ2) is 7.36. The quantitative estimate of drug-likeness (QED) is 0.757. The van der Waals surface area contributed by atoms with Crippen LogP contribution in [0, 0.1) is 0 Å². The summed E-state index contributed by atoms with van der Waals surface area (Å²) in [7, 11) is 2.16. The average Bonchev–Trinajstić information content (AvgIpc) is 2.27. The number of rotatable bonds is 7. The van der Waals surface area contributed by atoms with Crippen molar-refractivity contribution in [1.82, 2.24) is 15.2 Å². The van der Waals surface area contributed by atoms with Gasteiger partial charge in [-0.3, -0.25) is 4.98 Å². The predicted octanol–water partition coefficient (Wildman–Crippen LogP) is 1.55. The summed E-state index contributed by atoms with van der Waals surface area (Å²) in [4.78, 5) is 6.65. The molecule has 1 aromatic heterocycles. The Balaban J connectivity index is 2.13. The Labute approximate surface area is 98.9 Å². The molecule has 0 saturated carbocycles. The van der Waals surface area contributed by atoms with Gasteiger partial charge >= 0.3 is 0 Å². The van der Waals surface area contributed by atoms with Crippen molar-refractivity contribution in [2.45, 2.75) is 26.3 Å². The summed E-state index contributed by atoms with van der Waals surface area (Å²) < 4.78 is 0.